The van der Waals surface area contributed by atoms with E-state index >= 15 is 0 Å². The molecule has 3 heterocycles. The molecule has 2 fully saturated rings. The molecule has 0 aromatic heterocycles. The van der Waals surface area contributed by atoms with Gasteiger partial charge in [0, 0.05) is 35.2 Å². The Morgan fingerprint density at radius 3 is 2.79 bits per heavy atom. The maximum atomic E-state index is 12.7. The summed E-state index contributed by atoms with van der Waals surface area (Å²) in [4.78, 5) is 15.4. The van der Waals surface area contributed by atoms with E-state index in [9.17, 15) is 9.90 Å². The standard InChI is InChI=1S/C24H34ClNO3/c1-17-6-10-21(27)11-8-19(25)12-15-29-23(28)18-7-9-20-4-2-13-24(26(20)16-18)14-3-5-22(17)24/h6-8,10,17,20-22,27H,2-5,9,11-16H2,1H3/b10-6+,19-8-/t17-,20+,21+,22+,24+/m0/s1. The van der Waals surface area contributed by atoms with Gasteiger partial charge >= 0.3 is 5.97 Å². The lowest BCUT2D eigenvalue weighted by molar-refractivity contribution is -0.140. The number of halogens is 1. The van der Waals surface area contributed by atoms with Crippen molar-refractivity contribution in [3.8, 4) is 0 Å². The number of aliphatic hydroxyl groups is 1. The second-order valence-electron chi connectivity index (χ2n) is 9.33. The van der Waals surface area contributed by atoms with Crippen molar-refractivity contribution in [3.63, 3.8) is 0 Å². The predicted molar refractivity (Wildman–Crippen MR) is 116 cm³/mol. The molecular formula is C24H34ClNO3. The van der Waals surface area contributed by atoms with Crippen molar-refractivity contribution in [1.29, 1.82) is 0 Å². The molecule has 4 rings (SSSR count). The highest BCUT2D eigenvalue weighted by Crippen LogP contribution is 2.52. The van der Waals surface area contributed by atoms with Crippen molar-refractivity contribution < 1.29 is 14.6 Å². The van der Waals surface area contributed by atoms with Gasteiger partial charge in [-0.25, -0.2) is 4.79 Å². The van der Waals surface area contributed by atoms with Gasteiger partial charge < -0.3 is 9.84 Å². The summed E-state index contributed by atoms with van der Waals surface area (Å²) in [5, 5.41) is 11.0. The largest absolute Gasteiger partial charge is 0.462 e. The van der Waals surface area contributed by atoms with Gasteiger partial charge in [0.15, 0.2) is 0 Å². The van der Waals surface area contributed by atoms with E-state index in [0.29, 0.717) is 42.3 Å². The number of hydrogen-bond donors (Lipinski definition) is 1. The van der Waals surface area contributed by atoms with Crippen molar-refractivity contribution in [3.05, 3.63) is 34.9 Å². The molecule has 1 saturated heterocycles. The van der Waals surface area contributed by atoms with Gasteiger partial charge in [-0.3, -0.25) is 4.90 Å². The Bertz CT molecular complexity index is 715. The summed E-state index contributed by atoms with van der Waals surface area (Å²) in [6.45, 7) is 3.29. The van der Waals surface area contributed by atoms with E-state index in [1.165, 1.54) is 38.5 Å². The summed E-state index contributed by atoms with van der Waals surface area (Å²) >= 11 is 6.24. The van der Waals surface area contributed by atoms with Crippen LogP contribution in [0.2, 0.25) is 0 Å². The van der Waals surface area contributed by atoms with Crippen LogP contribution in [-0.2, 0) is 9.53 Å². The molecule has 3 aliphatic heterocycles. The average molecular weight is 420 g/mol. The van der Waals surface area contributed by atoms with Crippen molar-refractivity contribution in [2.24, 2.45) is 11.8 Å². The molecule has 0 aromatic rings. The molecule has 0 amide bonds. The molecule has 1 N–H and O–H groups in total. The number of esters is 1. The maximum absolute atomic E-state index is 12.7. The third-order valence-corrected chi connectivity index (χ3v) is 7.98. The molecule has 0 radical (unpaired) electrons. The zero-order valence-electron chi connectivity index (χ0n) is 17.5. The number of fused-ring (bicyclic) bond motifs is 1. The van der Waals surface area contributed by atoms with Crippen LogP contribution in [0, 0.1) is 11.8 Å². The molecule has 2 bridgehead atoms. The number of cyclic esters (lactones) is 1. The van der Waals surface area contributed by atoms with Crippen molar-refractivity contribution in [2.75, 3.05) is 13.2 Å². The van der Waals surface area contributed by atoms with Crippen LogP contribution in [0.4, 0.5) is 0 Å². The van der Waals surface area contributed by atoms with Crippen LogP contribution in [0.5, 0.6) is 0 Å². The minimum absolute atomic E-state index is 0.178. The molecule has 4 nitrogen and oxygen atoms in total. The summed E-state index contributed by atoms with van der Waals surface area (Å²) in [7, 11) is 0. The highest BCUT2D eigenvalue weighted by Gasteiger charge is 2.52. The van der Waals surface area contributed by atoms with Gasteiger partial charge in [0.2, 0.25) is 0 Å². The van der Waals surface area contributed by atoms with Gasteiger partial charge in [-0.1, -0.05) is 55.7 Å². The number of piperidine rings is 1. The number of rotatable bonds is 0. The first kappa shape index (κ1) is 21.1. The Hall–Kier alpha value is -1.10. The number of allylic oxidation sites excluding steroid dienone is 1. The Morgan fingerprint density at radius 1 is 1.17 bits per heavy atom. The fourth-order valence-electron chi connectivity index (χ4n) is 6.21. The summed E-state index contributed by atoms with van der Waals surface area (Å²) in [5.74, 6) is 0.777. The molecule has 0 unspecified atom stereocenters. The van der Waals surface area contributed by atoms with Gasteiger partial charge in [-0.15, -0.1) is 0 Å². The highest BCUT2D eigenvalue weighted by atomic mass is 35.5. The first-order valence-corrected chi connectivity index (χ1v) is 11.7. The Labute approximate surface area is 179 Å². The molecule has 0 aromatic carbocycles. The third-order valence-electron chi connectivity index (χ3n) is 7.64. The lowest BCUT2D eigenvalue weighted by Gasteiger charge is -2.55. The molecule has 5 atom stereocenters. The number of hydrogen-bond acceptors (Lipinski definition) is 4. The normalized spacial score (nSPS) is 42.2. The summed E-state index contributed by atoms with van der Waals surface area (Å²) in [6.07, 6.45) is 16.9. The van der Waals surface area contributed by atoms with Gasteiger partial charge in [-0.05, 0) is 50.4 Å². The summed E-state index contributed by atoms with van der Waals surface area (Å²) < 4.78 is 5.54. The van der Waals surface area contributed by atoms with Gasteiger partial charge in [0.05, 0.1) is 12.7 Å². The highest BCUT2D eigenvalue weighted by molar-refractivity contribution is 6.29. The van der Waals surface area contributed by atoms with E-state index in [1.807, 2.05) is 12.2 Å². The zero-order valence-corrected chi connectivity index (χ0v) is 18.2. The van der Waals surface area contributed by atoms with Crippen molar-refractivity contribution in [1.82, 2.24) is 4.90 Å². The predicted octanol–water partition coefficient (Wildman–Crippen LogP) is 4.72. The minimum Gasteiger partial charge on any atom is -0.462 e. The van der Waals surface area contributed by atoms with E-state index < -0.39 is 6.10 Å². The fraction of sp³-hybridized carbons (Fsp3) is 0.708. The van der Waals surface area contributed by atoms with Crippen LogP contribution in [0.3, 0.4) is 0 Å². The second-order valence-corrected chi connectivity index (χ2v) is 9.81. The summed E-state index contributed by atoms with van der Waals surface area (Å²) in [6, 6.07) is 0.541. The SMILES string of the molecule is C[C@H]1/C=C/[C@@H](O)C/C=C(\Cl)CCOC(=O)C2=CC[C@H]3CCC[C@]4(CCC[C@H]14)N3C2. The van der Waals surface area contributed by atoms with Crippen LogP contribution in [0.15, 0.2) is 34.9 Å². The molecule has 1 saturated carbocycles. The van der Waals surface area contributed by atoms with Gasteiger partial charge in [0.1, 0.15) is 0 Å². The molecule has 4 aliphatic rings. The van der Waals surface area contributed by atoms with Crippen LogP contribution < -0.4 is 0 Å². The van der Waals surface area contributed by atoms with E-state index in [1.54, 1.807) is 0 Å². The lowest BCUT2D eigenvalue weighted by atomic mass is 9.70. The molecule has 160 valence electrons. The first-order chi connectivity index (χ1) is 14.0. The smallest absolute Gasteiger partial charge is 0.335 e. The van der Waals surface area contributed by atoms with Gasteiger partial charge in [-0.2, -0.15) is 0 Å². The number of nitrogens with zero attached hydrogens (tertiary/aromatic N) is 1. The van der Waals surface area contributed by atoms with Gasteiger partial charge in [0.25, 0.3) is 0 Å². The number of carbonyl (C=O) groups excluding carboxylic acids is 1. The zero-order chi connectivity index (χ0) is 20.4. The average Bonchev–Trinajstić information content (AvgIpc) is 3.14. The Balaban J connectivity index is 1.65. The van der Waals surface area contributed by atoms with Crippen LogP contribution in [-0.4, -0.2) is 46.8 Å². The topological polar surface area (TPSA) is 49.8 Å². The molecule has 5 heteroatoms. The molecule has 1 aliphatic carbocycles. The lowest BCUT2D eigenvalue weighted by Crippen LogP contribution is -2.61. The minimum atomic E-state index is -0.525. The number of carbonyl (C=O) groups is 1. The van der Waals surface area contributed by atoms with Crippen LogP contribution in [0.25, 0.3) is 0 Å². The van der Waals surface area contributed by atoms with Crippen molar-refractivity contribution >= 4 is 17.6 Å². The monoisotopic (exact) mass is 419 g/mol. The van der Waals surface area contributed by atoms with Crippen LogP contribution >= 0.6 is 11.6 Å². The third kappa shape index (κ3) is 4.35. The van der Waals surface area contributed by atoms with Crippen LogP contribution in [0.1, 0.15) is 64.7 Å². The van der Waals surface area contributed by atoms with Crippen molar-refractivity contribution in [2.45, 2.75) is 82.4 Å². The van der Waals surface area contributed by atoms with E-state index in [2.05, 4.69) is 24.0 Å². The quantitative estimate of drug-likeness (QED) is 0.455. The van der Waals surface area contributed by atoms with E-state index in [-0.39, 0.29) is 18.1 Å². The Morgan fingerprint density at radius 2 is 1.97 bits per heavy atom. The molecule has 29 heavy (non-hydrogen) atoms. The molecular weight excluding hydrogens is 386 g/mol. The maximum Gasteiger partial charge on any atom is 0.335 e. The number of ether oxygens (including phenoxy) is 1. The number of aliphatic hydroxyl groups excluding tert-OH is 1. The first-order valence-electron chi connectivity index (χ1n) is 11.3. The second kappa shape index (κ2) is 8.95. The van der Waals surface area contributed by atoms with E-state index in [4.69, 9.17) is 16.3 Å². The van der Waals surface area contributed by atoms with E-state index in [0.717, 1.165) is 12.0 Å². The summed E-state index contributed by atoms with van der Waals surface area (Å²) in [5.41, 5.74) is 0.997. The fourth-order valence-corrected chi connectivity index (χ4v) is 6.38. The Kier molecular flexibility index (Phi) is 6.53. The molecule has 1 spiro atoms.